The molecule has 6 heteroatoms. The van der Waals surface area contributed by atoms with Gasteiger partial charge in [0.25, 0.3) is 0 Å². The molecule has 0 saturated carbocycles. The second-order valence-corrected chi connectivity index (χ2v) is 6.19. The molecular weight excluding hydrogens is 366 g/mol. The number of carbonyl (C=O) groups excluding carboxylic acids is 2. The molecule has 0 aliphatic rings. The normalized spacial score (nSPS) is 10.6. The first kappa shape index (κ1) is 20.5. The summed E-state index contributed by atoms with van der Waals surface area (Å²) in [6.07, 6.45) is 3.30. The lowest BCUT2D eigenvalue weighted by molar-refractivity contribution is -0.141. The molecule has 5 nitrogen and oxygen atoms in total. The highest BCUT2D eigenvalue weighted by Crippen LogP contribution is 2.18. The number of hydrogen-bond donors (Lipinski definition) is 0. The second-order valence-electron chi connectivity index (χ2n) is 5.79. The van der Waals surface area contributed by atoms with Gasteiger partial charge in [0.15, 0.2) is 0 Å². The van der Waals surface area contributed by atoms with E-state index >= 15 is 0 Å². The molecular formula is C21H22ClNO4. The summed E-state index contributed by atoms with van der Waals surface area (Å²) in [4.78, 5) is 25.8. The molecule has 142 valence electrons. The standard InChI is InChI=1S/C21H22ClNO4/c1-26-18-8-5-6-16(14-18)10-11-20(24)23(13-12-21(25)27-2)15-17-7-3-4-9-19(17)22/h3-11,14H,12-13,15H2,1-2H3/b11-10+. The number of nitrogens with zero attached hydrogens (tertiary/aromatic N) is 1. The van der Waals surface area contributed by atoms with Crippen LogP contribution in [0.15, 0.2) is 54.6 Å². The van der Waals surface area contributed by atoms with Crippen LogP contribution >= 0.6 is 11.6 Å². The van der Waals surface area contributed by atoms with E-state index in [2.05, 4.69) is 4.74 Å². The van der Waals surface area contributed by atoms with Crippen LogP contribution in [0.5, 0.6) is 5.75 Å². The molecule has 2 aromatic carbocycles. The van der Waals surface area contributed by atoms with E-state index in [0.29, 0.717) is 17.3 Å². The fraction of sp³-hybridized carbons (Fsp3) is 0.238. The predicted molar refractivity (Wildman–Crippen MR) is 106 cm³/mol. The maximum Gasteiger partial charge on any atom is 0.307 e. The highest BCUT2D eigenvalue weighted by Gasteiger charge is 2.15. The van der Waals surface area contributed by atoms with E-state index in [1.54, 1.807) is 24.2 Å². The van der Waals surface area contributed by atoms with Crippen LogP contribution in [0, 0.1) is 0 Å². The average Bonchev–Trinajstić information content (AvgIpc) is 2.70. The van der Waals surface area contributed by atoms with E-state index in [1.165, 1.54) is 13.2 Å². The van der Waals surface area contributed by atoms with Crippen LogP contribution in [-0.2, 0) is 20.9 Å². The Kier molecular flexibility index (Phi) is 7.89. The van der Waals surface area contributed by atoms with Crippen molar-refractivity contribution in [3.63, 3.8) is 0 Å². The first-order valence-electron chi connectivity index (χ1n) is 8.44. The number of rotatable bonds is 8. The number of hydrogen-bond acceptors (Lipinski definition) is 4. The third-order valence-corrected chi connectivity index (χ3v) is 4.33. The quantitative estimate of drug-likeness (QED) is 0.508. The van der Waals surface area contributed by atoms with Gasteiger partial charge in [-0.05, 0) is 35.4 Å². The van der Waals surface area contributed by atoms with E-state index in [1.807, 2.05) is 42.5 Å². The van der Waals surface area contributed by atoms with Gasteiger partial charge < -0.3 is 14.4 Å². The molecule has 0 aromatic heterocycles. The summed E-state index contributed by atoms with van der Waals surface area (Å²) in [5, 5.41) is 0.574. The van der Waals surface area contributed by atoms with Crippen LogP contribution in [0.4, 0.5) is 0 Å². The number of halogens is 1. The van der Waals surface area contributed by atoms with Crippen molar-refractivity contribution in [3.05, 3.63) is 70.8 Å². The van der Waals surface area contributed by atoms with Gasteiger partial charge >= 0.3 is 5.97 Å². The van der Waals surface area contributed by atoms with Gasteiger partial charge in [0.2, 0.25) is 5.91 Å². The first-order chi connectivity index (χ1) is 13.0. The lowest BCUT2D eigenvalue weighted by Gasteiger charge is -2.21. The maximum absolute atomic E-state index is 12.7. The molecule has 2 aromatic rings. The molecule has 0 fully saturated rings. The Hall–Kier alpha value is -2.79. The van der Waals surface area contributed by atoms with Gasteiger partial charge in [0.05, 0.1) is 20.6 Å². The van der Waals surface area contributed by atoms with Crippen LogP contribution < -0.4 is 4.74 Å². The number of esters is 1. The number of methoxy groups -OCH3 is 2. The van der Waals surface area contributed by atoms with Crippen molar-refractivity contribution in [1.82, 2.24) is 4.90 Å². The van der Waals surface area contributed by atoms with Crippen molar-refractivity contribution < 1.29 is 19.1 Å². The van der Waals surface area contributed by atoms with E-state index in [4.69, 9.17) is 16.3 Å². The van der Waals surface area contributed by atoms with Crippen LogP contribution in [0.25, 0.3) is 6.08 Å². The third kappa shape index (κ3) is 6.46. The van der Waals surface area contributed by atoms with Gasteiger partial charge in [-0.3, -0.25) is 9.59 Å². The van der Waals surface area contributed by atoms with Crippen LogP contribution in [0.1, 0.15) is 17.5 Å². The molecule has 2 rings (SSSR count). The van der Waals surface area contributed by atoms with E-state index in [9.17, 15) is 9.59 Å². The summed E-state index contributed by atoms with van der Waals surface area (Å²) < 4.78 is 9.86. The Morgan fingerprint density at radius 1 is 1.11 bits per heavy atom. The lowest BCUT2D eigenvalue weighted by Crippen LogP contribution is -2.31. The fourth-order valence-corrected chi connectivity index (χ4v) is 2.64. The van der Waals surface area contributed by atoms with Crippen molar-refractivity contribution in [2.75, 3.05) is 20.8 Å². The van der Waals surface area contributed by atoms with E-state index in [-0.39, 0.29) is 24.8 Å². The lowest BCUT2D eigenvalue weighted by atomic mass is 10.1. The molecule has 0 spiro atoms. The third-order valence-electron chi connectivity index (χ3n) is 3.96. The Morgan fingerprint density at radius 3 is 2.59 bits per heavy atom. The summed E-state index contributed by atoms with van der Waals surface area (Å²) >= 11 is 6.21. The molecule has 0 heterocycles. The van der Waals surface area contributed by atoms with Crippen molar-refractivity contribution in [2.45, 2.75) is 13.0 Å². The Balaban J connectivity index is 2.15. The molecule has 0 atom stereocenters. The van der Waals surface area contributed by atoms with Crippen LogP contribution in [-0.4, -0.2) is 37.5 Å². The van der Waals surface area contributed by atoms with Crippen LogP contribution in [0.2, 0.25) is 5.02 Å². The highest BCUT2D eigenvalue weighted by atomic mass is 35.5. The predicted octanol–water partition coefficient (Wildman–Crippen LogP) is 3.95. The largest absolute Gasteiger partial charge is 0.497 e. The van der Waals surface area contributed by atoms with Crippen molar-refractivity contribution in [2.24, 2.45) is 0 Å². The summed E-state index contributed by atoms with van der Waals surface area (Å²) in [7, 11) is 2.91. The van der Waals surface area contributed by atoms with Gasteiger partial charge in [0.1, 0.15) is 5.75 Å². The monoisotopic (exact) mass is 387 g/mol. The highest BCUT2D eigenvalue weighted by molar-refractivity contribution is 6.31. The summed E-state index contributed by atoms with van der Waals surface area (Å²) in [6.45, 7) is 0.539. The van der Waals surface area contributed by atoms with Crippen LogP contribution in [0.3, 0.4) is 0 Å². The smallest absolute Gasteiger partial charge is 0.307 e. The fourth-order valence-electron chi connectivity index (χ4n) is 2.45. The van der Waals surface area contributed by atoms with Crippen molar-refractivity contribution in [1.29, 1.82) is 0 Å². The van der Waals surface area contributed by atoms with E-state index < -0.39 is 0 Å². The molecule has 0 N–H and O–H groups in total. The number of amides is 1. The molecule has 0 unspecified atom stereocenters. The maximum atomic E-state index is 12.7. The zero-order chi connectivity index (χ0) is 19.6. The summed E-state index contributed by atoms with van der Waals surface area (Å²) in [5.74, 6) is 0.119. The minimum Gasteiger partial charge on any atom is -0.497 e. The Morgan fingerprint density at radius 2 is 1.89 bits per heavy atom. The van der Waals surface area contributed by atoms with Crippen molar-refractivity contribution in [3.8, 4) is 5.75 Å². The van der Waals surface area contributed by atoms with Crippen molar-refractivity contribution >= 4 is 29.6 Å². The van der Waals surface area contributed by atoms with Gasteiger partial charge in [-0.1, -0.05) is 41.9 Å². The molecule has 0 saturated heterocycles. The van der Waals surface area contributed by atoms with Gasteiger partial charge in [-0.2, -0.15) is 0 Å². The van der Waals surface area contributed by atoms with E-state index in [0.717, 1.165) is 11.1 Å². The number of ether oxygens (including phenoxy) is 2. The number of benzene rings is 2. The van der Waals surface area contributed by atoms with Gasteiger partial charge in [-0.25, -0.2) is 0 Å². The topological polar surface area (TPSA) is 55.8 Å². The molecule has 1 amide bonds. The molecule has 0 radical (unpaired) electrons. The van der Waals surface area contributed by atoms with Gasteiger partial charge in [-0.15, -0.1) is 0 Å². The Bertz CT molecular complexity index is 819. The second kappa shape index (κ2) is 10.4. The minimum atomic E-state index is -0.372. The molecule has 0 aliphatic carbocycles. The SMILES string of the molecule is COC(=O)CCN(Cc1ccccc1Cl)C(=O)/C=C/c1cccc(OC)c1. The first-order valence-corrected chi connectivity index (χ1v) is 8.82. The summed E-state index contributed by atoms with van der Waals surface area (Å²) in [5.41, 5.74) is 1.65. The summed E-state index contributed by atoms with van der Waals surface area (Å²) in [6, 6.07) is 14.7. The Labute approximate surface area is 164 Å². The molecule has 27 heavy (non-hydrogen) atoms. The average molecular weight is 388 g/mol. The molecule has 0 aliphatic heterocycles. The minimum absolute atomic E-state index is 0.111. The number of carbonyl (C=O) groups is 2. The zero-order valence-corrected chi connectivity index (χ0v) is 16.1. The zero-order valence-electron chi connectivity index (χ0n) is 15.4. The van der Waals surface area contributed by atoms with Gasteiger partial charge in [0, 0.05) is 24.2 Å². The molecule has 0 bridgehead atoms.